The highest BCUT2D eigenvalue weighted by Crippen LogP contribution is 2.27. The van der Waals surface area contributed by atoms with Crippen LogP contribution in [0.2, 0.25) is 0 Å². The molecule has 1 heterocycles. The lowest BCUT2D eigenvalue weighted by Gasteiger charge is -2.21. The van der Waals surface area contributed by atoms with Gasteiger partial charge in [-0.15, -0.1) is 0 Å². The molecule has 3 rings (SSSR count). The van der Waals surface area contributed by atoms with E-state index >= 15 is 0 Å². The van der Waals surface area contributed by atoms with Gasteiger partial charge in [0.15, 0.2) is 17.2 Å². The molecule has 2 aromatic carbocycles. The molecule has 10 heteroatoms. The van der Waals surface area contributed by atoms with Crippen molar-refractivity contribution in [3.8, 4) is 22.9 Å². The number of ether oxygens (including phenoxy) is 2. The summed E-state index contributed by atoms with van der Waals surface area (Å²) in [6.45, 7) is 1.89. The topological polar surface area (TPSA) is 101 Å². The molecule has 180 valence electrons. The number of hydrogen-bond donors (Lipinski definition) is 2. The van der Waals surface area contributed by atoms with Crippen LogP contribution in [0.5, 0.6) is 11.5 Å². The first-order valence-electron chi connectivity index (χ1n) is 10.8. The molecule has 3 aromatic rings. The molecule has 34 heavy (non-hydrogen) atoms. The van der Waals surface area contributed by atoms with E-state index in [4.69, 9.17) is 21.7 Å². The highest BCUT2D eigenvalue weighted by Gasteiger charge is 2.19. The van der Waals surface area contributed by atoms with Crippen molar-refractivity contribution >= 4 is 24.0 Å². The Labute approximate surface area is 203 Å². The van der Waals surface area contributed by atoms with Gasteiger partial charge in [-0.1, -0.05) is 25.1 Å². The Balaban J connectivity index is 1.76. The maximum Gasteiger partial charge on any atom is 0.259 e. The Bertz CT molecular complexity index is 1190. The van der Waals surface area contributed by atoms with Crippen LogP contribution in [-0.2, 0) is 16.1 Å². The molecule has 0 aliphatic heterocycles. The summed E-state index contributed by atoms with van der Waals surface area (Å²) < 4.78 is 13.0. The highest BCUT2D eigenvalue weighted by atomic mass is 32.1. The number of rotatable bonds is 10. The zero-order valence-corrected chi connectivity index (χ0v) is 20.5. The fourth-order valence-electron chi connectivity index (χ4n) is 3.38. The summed E-state index contributed by atoms with van der Waals surface area (Å²) in [7, 11) is 4.95. The lowest BCUT2D eigenvalue weighted by atomic mass is 10.0. The second kappa shape index (κ2) is 11.5. The molecule has 0 aliphatic carbocycles. The molecule has 0 saturated heterocycles. The van der Waals surface area contributed by atoms with Crippen LogP contribution >= 0.6 is 12.2 Å². The van der Waals surface area contributed by atoms with Gasteiger partial charge in [-0.3, -0.25) is 19.3 Å². The van der Waals surface area contributed by atoms with Gasteiger partial charge in [-0.05, 0) is 49.0 Å². The van der Waals surface area contributed by atoms with Crippen molar-refractivity contribution in [2.45, 2.75) is 25.9 Å². The second-order valence-corrected chi connectivity index (χ2v) is 8.20. The van der Waals surface area contributed by atoms with Crippen molar-refractivity contribution in [3.63, 3.8) is 0 Å². The van der Waals surface area contributed by atoms with Crippen LogP contribution < -0.4 is 14.8 Å². The second-order valence-electron chi connectivity index (χ2n) is 7.81. The molecule has 1 atom stereocenters. The van der Waals surface area contributed by atoms with Crippen LogP contribution in [0, 0.1) is 4.77 Å². The number of carbonyl (C=O) groups is 2. The van der Waals surface area contributed by atoms with Crippen LogP contribution in [-0.4, -0.2) is 59.3 Å². The fraction of sp³-hybridized carbons (Fsp3) is 0.333. The van der Waals surface area contributed by atoms with Gasteiger partial charge >= 0.3 is 0 Å². The molecular weight excluding hydrogens is 454 g/mol. The molecule has 1 aromatic heterocycles. The van der Waals surface area contributed by atoms with Crippen LogP contribution in [0.3, 0.4) is 0 Å². The summed E-state index contributed by atoms with van der Waals surface area (Å²) in [5.41, 5.74) is 1.60. The Hall–Kier alpha value is -3.66. The molecule has 0 aliphatic rings. The summed E-state index contributed by atoms with van der Waals surface area (Å²) in [5, 5.41) is 10.1. The molecule has 2 N–H and O–H groups in total. The smallest absolute Gasteiger partial charge is 0.259 e. The molecule has 2 amide bonds. The van der Waals surface area contributed by atoms with Gasteiger partial charge in [-0.25, -0.2) is 0 Å². The Morgan fingerprint density at radius 2 is 1.88 bits per heavy atom. The van der Waals surface area contributed by atoms with Crippen molar-refractivity contribution in [1.29, 1.82) is 0 Å². The van der Waals surface area contributed by atoms with Gasteiger partial charge < -0.3 is 19.7 Å². The van der Waals surface area contributed by atoms with Crippen LogP contribution in [0.15, 0.2) is 48.5 Å². The van der Waals surface area contributed by atoms with Crippen molar-refractivity contribution in [1.82, 2.24) is 25.0 Å². The summed E-state index contributed by atoms with van der Waals surface area (Å²) in [4.78, 5) is 26.4. The van der Waals surface area contributed by atoms with E-state index in [2.05, 4.69) is 15.5 Å². The minimum absolute atomic E-state index is 0.00463. The van der Waals surface area contributed by atoms with E-state index < -0.39 is 0 Å². The monoisotopic (exact) mass is 483 g/mol. The number of para-hydroxylation sites is 1. The zero-order chi connectivity index (χ0) is 24.7. The number of nitrogens with one attached hydrogen (secondary N) is 2. The molecule has 9 nitrogen and oxygen atoms in total. The van der Waals surface area contributed by atoms with Crippen LogP contribution in [0.4, 0.5) is 0 Å². The third-order valence-electron chi connectivity index (χ3n) is 5.30. The molecular formula is C24H29N5O4S. The normalized spacial score (nSPS) is 11.5. The van der Waals surface area contributed by atoms with Gasteiger partial charge in [0.25, 0.3) is 5.91 Å². The number of aromatic nitrogens is 3. The van der Waals surface area contributed by atoms with Gasteiger partial charge in [0.1, 0.15) is 18.0 Å². The lowest BCUT2D eigenvalue weighted by molar-refractivity contribution is -0.130. The fourth-order valence-corrected chi connectivity index (χ4v) is 3.57. The number of H-pyrrole nitrogens is 1. The molecule has 0 radical (unpaired) electrons. The summed E-state index contributed by atoms with van der Waals surface area (Å²) in [6.07, 6.45) is 0.635. The van der Waals surface area contributed by atoms with Crippen LogP contribution in [0.25, 0.3) is 11.4 Å². The van der Waals surface area contributed by atoms with E-state index in [9.17, 15) is 9.59 Å². The Morgan fingerprint density at radius 3 is 2.53 bits per heavy atom. The number of nitrogens with zero attached hydrogens (tertiary/aromatic N) is 3. The van der Waals surface area contributed by atoms with E-state index in [1.807, 2.05) is 49.4 Å². The molecule has 1 unspecified atom stereocenters. The lowest BCUT2D eigenvalue weighted by Crippen LogP contribution is -2.32. The van der Waals surface area contributed by atoms with Gasteiger partial charge in [0.2, 0.25) is 5.91 Å². The SMILES string of the molecule is CCC(NC(=O)Cn1c(-c2ccc(OC)cc2)n[nH]c1=S)c1ccccc1OCC(=O)N(C)C. The quantitative estimate of drug-likeness (QED) is 0.429. The minimum Gasteiger partial charge on any atom is -0.497 e. The predicted octanol–water partition coefficient (Wildman–Crippen LogP) is 3.35. The van der Waals surface area contributed by atoms with E-state index in [0.29, 0.717) is 22.8 Å². The number of amides is 2. The number of hydrogen-bond acceptors (Lipinski definition) is 6. The largest absolute Gasteiger partial charge is 0.497 e. The molecule has 0 spiro atoms. The number of aromatic amines is 1. The summed E-state index contributed by atoms with van der Waals surface area (Å²) >= 11 is 5.36. The van der Waals surface area contributed by atoms with Crippen molar-refractivity contribution in [2.24, 2.45) is 0 Å². The molecule has 0 fully saturated rings. The number of benzene rings is 2. The van der Waals surface area contributed by atoms with E-state index in [1.54, 1.807) is 31.8 Å². The number of likely N-dealkylation sites (N-methyl/N-ethyl adjacent to an activating group) is 1. The van der Waals surface area contributed by atoms with Gasteiger partial charge in [0, 0.05) is 25.2 Å². The molecule has 0 bridgehead atoms. The average Bonchev–Trinajstić information content (AvgIpc) is 3.20. The Morgan fingerprint density at radius 1 is 1.18 bits per heavy atom. The zero-order valence-electron chi connectivity index (χ0n) is 19.7. The summed E-state index contributed by atoms with van der Waals surface area (Å²) in [5.74, 6) is 1.47. The maximum atomic E-state index is 13.0. The van der Waals surface area contributed by atoms with Crippen molar-refractivity contribution < 1.29 is 19.1 Å². The van der Waals surface area contributed by atoms with Crippen molar-refractivity contribution in [3.05, 3.63) is 58.9 Å². The van der Waals surface area contributed by atoms with Gasteiger partial charge in [-0.2, -0.15) is 5.10 Å². The molecule has 0 saturated carbocycles. The highest BCUT2D eigenvalue weighted by molar-refractivity contribution is 7.71. The minimum atomic E-state index is -0.302. The van der Waals surface area contributed by atoms with E-state index in [0.717, 1.165) is 16.9 Å². The van der Waals surface area contributed by atoms with Gasteiger partial charge in [0.05, 0.1) is 13.2 Å². The maximum absolute atomic E-state index is 13.0. The first kappa shape index (κ1) is 25.0. The summed E-state index contributed by atoms with van der Waals surface area (Å²) in [6, 6.07) is 14.4. The predicted molar refractivity (Wildman–Crippen MR) is 131 cm³/mol. The van der Waals surface area contributed by atoms with E-state index in [1.165, 1.54) is 4.90 Å². The third kappa shape index (κ3) is 6.02. The van der Waals surface area contributed by atoms with Crippen molar-refractivity contribution in [2.75, 3.05) is 27.8 Å². The van der Waals surface area contributed by atoms with E-state index in [-0.39, 0.29) is 31.0 Å². The Kier molecular flexibility index (Phi) is 8.42. The standard InChI is InChI=1S/C24H29N5O4S/c1-5-19(18-8-6-7-9-20(18)33-15-22(31)28(2)3)25-21(30)14-29-23(26-27-24(29)34)16-10-12-17(32-4)13-11-16/h6-13,19H,5,14-15H2,1-4H3,(H,25,30)(H,27,34). The number of methoxy groups -OCH3 is 1. The first-order chi connectivity index (χ1) is 16.3. The number of carbonyl (C=O) groups excluding carboxylic acids is 2. The third-order valence-corrected chi connectivity index (χ3v) is 5.61. The first-order valence-corrected chi connectivity index (χ1v) is 11.3. The average molecular weight is 484 g/mol. The van der Waals surface area contributed by atoms with Crippen LogP contribution in [0.1, 0.15) is 24.9 Å².